The SMILES string of the molecule is c1ccc(-c2ccc(N(c3ccc(-c4ccccc4)cc3)c3c(-c4ccc5c6ccccc6c6ccccc6c5c4)ccc4c3oc3ccc5oc6ccccc6c5c34)cc2)cc1. The van der Waals surface area contributed by atoms with E-state index in [0.29, 0.717) is 0 Å². The Kier molecular flexibility index (Phi) is 7.91. The van der Waals surface area contributed by atoms with Gasteiger partial charge in [-0.15, -0.1) is 0 Å². The summed E-state index contributed by atoms with van der Waals surface area (Å²) in [4.78, 5) is 2.39. The van der Waals surface area contributed by atoms with Crippen LogP contribution in [0, 0.1) is 0 Å². The predicted octanol–water partition coefficient (Wildman–Crippen LogP) is 17.4. The van der Waals surface area contributed by atoms with Crippen molar-refractivity contribution in [1.29, 1.82) is 0 Å². The van der Waals surface area contributed by atoms with E-state index in [1.807, 2.05) is 18.2 Å². The number of furan rings is 2. The first kappa shape index (κ1) is 35.4. The molecule has 13 aromatic rings. The summed E-state index contributed by atoms with van der Waals surface area (Å²) in [5.74, 6) is 0. The van der Waals surface area contributed by atoms with Gasteiger partial charge in [-0.1, -0.05) is 170 Å². The summed E-state index contributed by atoms with van der Waals surface area (Å²) in [5.41, 5.74) is 13.2. The second-order valence-electron chi connectivity index (χ2n) is 16.4. The van der Waals surface area contributed by atoms with Crippen LogP contribution in [0.5, 0.6) is 0 Å². The zero-order valence-corrected chi connectivity index (χ0v) is 34.1. The largest absolute Gasteiger partial charge is 0.456 e. The molecule has 0 aliphatic carbocycles. The van der Waals surface area contributed by atoms with E-state index in [-0.39, 0.29) is 0 Å². The highest BCUT2D eigenvalue weighted by Crippen LogP contribution is 2.50. The summed E-state index contributed by atoms with van der Waals surface area (Å²) in [6.07, 6.45) is 0. The third-order valence-corrected chi connectivity index (χ3v) is 12.9. The van der Waals surface area contributed by atoms with Gasteiger partial charge in [0.05, 0.1) is 5.69 Å². The van der Waals surface area contributed by atoms with E-state index in [1.54, 1.807) is 0 Å². The zero-order chi connectivity index (χ0) is 41.4. The van der Waals surface area contributed by atoms with Crippen molar-refractivity contribution in [2.24, 2.45) is 0 Å². The lowest BCUT2D eigenvalue weighted by atomic mass is 9.91. The van der Waals surface area contributed by atoms with Crippen LogP contribution in [0.25, 0.3) is 110 Å². The van der Waals surface area contributed by atoms with Crippen molar-refractivity contribution in [2.45, 2.75) is 0 Å². The number of hydrogen-bond acceptors (Lipinski definition) is 3. The maximum absolute atomic E-state index is 7.21. The van der Waals surface area contributed by atoms with Crippen LogP contribution in [-0.4, -0.2) is 0 Å². The minimum absolute atomic E-state index is 0.808. The van der Waals surface area contributed by atoms with Crippen molar-refractivity contribution in [2.75, 3.05) is 4.90 Å². The topological polar surface area (TPSA) is 29.5 Å². The molecule has 0 spiro atoms. The fourth-order valence-corrected chi connectivity index (χ4v) is 9.94. The van der Waals surface area contributed by atoms with Crippen molar-refractivity contribution in [3.63, 3.8) is 0 Å². The third kappa shape index (κ3) is 5.60. The Balaban J connectivity index is 1.12. The van der Waals surface area contributed by atoms with Gasteiger partial charge in [0.2, 0.25) is 0 Å². The van der Waals surface area contributed by atoms with E-state index in [0.717, 1.165) is 83.2 Å². The summed E-state index contributed by atoms with van der Waals surface area (Å²) >= 11 is 0. The minimum atomic E-state index is 0.808. The number of rotatable bonds is 6. The van der Waals surface area contributed by atoms with Gasteiger partial charge in [-0.2, -0.15) is 0 Å². The van der Waals surface area contributed by atoms with Gasteiger partial charge in [0.1, 0.15) is 16.7 Å². The van der Waals surface area contributed by atoms with Crippen LogP contribution in [0.2, 0.25) is 0 Å². The first-order chi connectivity index (χ1) is 31.2. The Morgan fingerprint density at radius 1 is 0.270 bits per heavy atom. The van der Waals surface area contributed by atoms with Crippen LogP contribution < -0.4 is 4.90 Å². The maximum atomic E-state index is 7.21. The molecule has 3 heteroatoms. The predicted molar refractivity (Wildman–Crippen MR) is 265 cm³/mol. The van der Waals surface area contributed by atoms with Crippen molar-refractivity contribution in [3.8, 4) is 33.4 Å². The Morgan fingerprint density at radius 2 is 0.698 bits per heavy atom. The molecule has 2 aromatic heterocycles. The molecular formula is C60H37NO2. The third-order valence-electron chi connectivity index (χ3n) is 12.9. The molecule has 3 nitrogen and oxygen atoms in total. The maximum Gasteiger partial charge on any atom is 0.160 e. The van der Waals surface area contributed by atoms with Crippen LogP contribution in [0.4, 0.5) is 17.1 Å². The van der Waals surface area contributed by atoms with Gasteiger partial charge in [0.15, 0.2) is 5.58 Å². The van der Waals surface area contributed by atoms with Crippen LogP contribution in [-0.2, 0) is 0 Å². The van der Waals surface area contributed by atoms with Crippen LogP contribution >= 0.6 is 0 Å². The number of hydrogen-bond donors (Lipinski definition) is 0. The zero-order valence-electron chi connectivity index (χ0n) is 34.1. The Bertz CT molecular complexity index is 3760. The summed E-state index contributed by atoms with van der Waals surface area (Å²) in [5, 5.41) is 11.7. The molecule has 0 bridgehead atoms. The van der Waals surface area contributed by atoms with Crippen LogP contribution in [0.1, 0.15) is 0 Å². The highest BCUT2D eigenvalue weighted by atomic mass is 16.3. The average molecular weight is 804 g/mol. The second kappa shape index (κ2) is 14.1. The molecule has 13 rings (SSSR count). The van der Waals surface area contributed by atoms with E-state index in [2.05, 4.69) is 211 Å². The van der Waals surface area contributed by atoms with Gasteiger partial charge >= 0.3 is 0 Å². The summed E-state index contributed by atoms with van der Waals surface area (Å²) in [6, 6.07) is 80.5. The quantitative estimate of drug-likeness (QED) is 0.157. The summed E-state index contributed by atoms with van der Waals surface area (Å²) < 4.78 is 13.7. The number of benzene rings is 11. The van der Waals surface area contributed by atoms with Crippen molar-refractivity contribution in [3.05, 3.63) is 224 Å². The smallest absolute Gasteiger partial charge is 0.160 e. The molecule has 2 heterocycles. The van der Waals surface area contributed by atoms with Gasteiger partial charge < -0.3 is 13.7 Å². The molecule has 294 valence electrons. The fraction of sp³-hybridized carbons (Fsp3) is 0. The van der Waals surface area contributed by atoms with E-state index >= 15 is 0 Å². The summed E-state index contributed by atoms with van der Waals surface area (Å²) in [7, 11) is 0. The normalized spacial score (nSPS) is 11.8. The summed E-state index contributed by atoms with van der Waals surface area (Å²) in [6.45, 7) is 0. The highest BCUT2D eigenvalue weighted by Gasteiger charge is 2.26. The molecule has 0 N–H and O–H groups in total. The van der Waals surface area contributed by atoms with Crippen LogP contribution in [0.3, 0.4) is 0 Å². The molecule has 0 aliphatic heterocycles. The minimum Gasteiger partial charge on any atom is -0.456 e. The highest BCUT2D eigenvalue weighted by molar-refractivity contribution is 6.29. The van der Waals surface area contributed by atoms with E-state index in [4.69, 9.17) is 8.83 Å². The molecule has 0 saturated heterocycles. The van der Waals surface area contributed by atoms with Gasteiger partial charge in [-0.25, -0.2) is 0 Å². The lowest BCUT2D eigenvalue weighted by Crippen LogP contribution is -2.11. The molecule has 0 aliphatic rings. The van der Waals surface area contributed by atoms with E-state index in [1.165, 1.54) is 43.4 Å². The van der Waals surface area contributed by atoms with E-state index < -0.39 is 0 Å². The van der Waals surface area contributed by atoms with E-state index in [9.17, 15) is 0 Å². The molecule has 0 fully saturated rings. The molecule has 0 saturated carbocycles. The number of para-hydroxylation sites is 1. The average Bonchev–Trinajstić information content (AvgIpc) is 3.94. The van der Waals surface area contributed by atoms with Crippen LogP contribution in [0.15, 0.2) is 233 Å². The molecule has 0 amide bonds. The number of fused-ring (bicyclic) bond motifs is 13. The molecule has 0 atom stereocenters. The molecule has 63 heavy (non-hydrogen) atoms. The fourth-order valence-electron chi connectivity index (χ4n) is 9.94. The van der Waals surface area contributed by atoms with Crippen molar-refractivity contribution >= 4 is 93.3 Å². The van der Waals surface area contributed by atoms with Gasteiger partial charge in [-0.3, -0.25) is 0 Å². The van der Waals surface area contributed by atoms with Gasteiger partial charge in [0, 0.05) is 38.5 Å². The Hall–Kier alpha value is -8.40. The second-order valence-corrected chi connectivity index (χ2v) is 16.4. The first-order valence-corrected chi connectivity index (χ1v) is 21.5. The van der Waals surface area contributed by atoms with Crippen molar-refractivity contribution < 1.29 is 8.83 Å². The van der Waals surface area contributed by atoms with Gasteiger partial charge in [-0.05, 0) is 115 Å². The lowest BCUT2D eigenvalue weighted by molar-refractivity contribution is 0.663. The molecule has 0 radical (unpaired) electrons. The Morgan fingerprint density at radius 3 is 1.29 bits per heavy atom. The standard InChI is InChI=1S/C60H37NO2/c1-3-13-38(14-4-1)40-23-28-43(29-24-40)61(44-30-25-41(26-31-44)39-15-5-2-6-16-39)59-45(42-27-32-50-48-19-8-7-17-46(48)47-18-9-10-20-49(47)53(50)37-42)33-34-52-58-56(63-60(52)59)36-35-55-57(58)51-21-11-12-22-54(51)62-55/h1-37H. The Labute approximate surface area is 363 Å². The van der Waals surface area contributed by atoms with Gasteiger partial charge in [0.25, 0.3) is 0 Å². The lowest BCUT2D eigenvalue weighted by Gasteiger charge is -2.28. The number of anilines is 3. The monoisotopic (exact) mass is 803 g/mol. The molecular weight excluding hydrogens is 767 g/mol. The van der Waals surface area contributed by atoms with Crippen molar-refractivity contribution in [1.82, 2.24) is 0 Å². The first-order valence-electron chi connectivity index (χ1n) is 21.5. The molecule has 0 unspecified atom stereocenters. The molecule has 11 aromatic carbocycles. The number of nitrogens with zero attached hydrogens (tertiary/aromatic N) is 1.